The highest BCUT2D eigenvalue weighted by atomic mass is 16.5. The summed E-state index contributed by atoms with van der Waals surface area (Å²) in [4.78, 5) is 12.7. The zero-order valence-electron chi connectivity index (χ0n) is 13.4. The number of methoxy groups -OCH3 is 2. The van der Waals surface area contributed by atoms with E-state index in [2.05, 4.69) is 0 Å². The molecule has 2 N–H and O–H groups in total. The van der Waals surface area contributed by atoms with Gasteiger partial charge < -0.3 is 24.4 Å². The maximum absolute atomic E-state index is 12.7. The number of carbonyl (C=O) groups excluding carboxylic acids is 1. The van der Waals surface area contributed by atoms with Crippen LogP contribution in [0.2, 0.25) is 0 Å². The molecule has 1 unspecified atom stereocenters. The van der Waals surface area contributed by atoms with Gasteiger partial charge in [0.15, 0.2) is 17.3 Å². The van der Waals surface area contributed by atoms with Gasteiger partial charge in [-0.2, -0.15) is 0 Å². The number of hydrogen-bond donors (Lipinski definition) is 2. The first-order valence-electron chi connectivity index (χ1n) is 7.47. The summed E-state index contributed by atoms with van der Waals surface area (Å²) in [7, 11) is 2.95. The fraction of sp³-hybridized carbons (Fsp3) is 0.278. The summed E-state index contributed by atoms with van der Waals surface area (Å²) in [5.41, 5.74) is 0.955. The van der Waals surface area contributed by atoms with Gasteiger partial charge in [-0.15, -0.1) is 0 Å². The number of phenols is 2. The van der Waals surface area contributed by atoms with Gasteiger partial charge in [0.05, 0.1) is 26.7 Å². The number of fused-ring (bicyclic) bond motifs is 1. The fourth-order valence-corrected chi connectivity index (χ4v) is 2.82. The van der Waals surface area contributed by atoms with E-state index in [-0.39, 0.29) is 29.5 Å². The zero-order chi connectivity index (χ0) is 17.3. The average molecular weight is 330 g/mol. The minimum Gasteiger partial charge on any atom is -0.507 e. The SMILES string of the molecule is COc1cc(O)c2c(c1)OCC(Cc1ccc(OC)c(O)c1)C2=O. The minimum absolute atomic E-state index is 0.0205. The van der Waals surface area contributed by atoms with Crippen LogP contribution in [-0.2, 0) is 6.42 Å². The molecule has 24 heavy (non-hydrogen) atoms. The third kappa shape index (κ3) is 2.82. The molecule has 3 rings (SSSR count). The van der Waals surface area contributed by atoms with Crippen molar-refractivity contribution < 1.29 is 29.2 Å². The Labute approximate surface area is 139 Å². The minimum atomic E-state index is -0.440. The lowest BCUT2D eigenvalue weighted by Crippen LogP contribution is -2.29. The molecule has 0 fully saturated rings. The first-order chi connectivity index (χ1) is 11.5. The molecule has 1 heterocycles. The van der Waals surface area contributed by atoms with Gasteiger partial charge in [0.1, 0.15) is 22.8 Å². The van der Waals surface area contributed by atoms with E-state index in [1.807, 2.05) is 0 Å². The average Bonchev–Trinajstić information content (AvgIpc) is 2.57. The molecule has 0 aliphatic carbocycles. The Morgan fingerprint density at radius 3 is 2.58 bits per heavy atom. The van der Waals surface area contributed by atoms with E-state index in [4.69, 9.17) is 14.2 Å². The van der Waals surface area contributed by atoms with Gasteiger partial charge in [0.2, 0.25) is 0 Å². The molecule has 0 saturated heterocycles. The maximum Gasteiger partial charge on any atom is 0.177 e. The number of aromatic hydroxyl groups is 2. The van der Waals surface area contributed by atoms with E-state index >= 15 is 0 Å². The Morgan fingerprint density at radius 1 is 1.12 bits per heavy atom. The van der Waals surface area contributed by atoms with Crippen LogP contribution in [0.15, 0.2) is 30.3 Å². The standard InChI is InChI=1S/C18H18O6/c1-22-12-7-14(20)17-16(8-12)24-9-11(18(17)21)5-10-3-4-15(23-2)13(19)6-10/h3-4,6-8,11,19-20H,5,9H2,1-2H3. The van der Waals surface area contributed by atoms with Crippen LogP contribution in [0.5, 0.6) is 28.7 Å². The van der Waals surface area contributed by atoms with Crippen molar-refractivity contribution in [2.45, 2.75) is 6.42 Å². The molecule has 1 aliphatic heterocycles. The molecule has 0 amide bonds. The van der Waals surface area contributed by atoms with E-state index in [9.17, 15) is 15.0 Å². The molecule has 2 aromatic carbocycles. The smallest absolute Gasteiger partial charge is 0.177 e. The number of ether oxygens (including phenoxy) is 3. The summed E-state index contributed by atoms with van der Waals surface area (Å²) in [6.07, 6.45) is 0.390. The van der Waals surface area contributed by atoms with Crippen LogP contribution in [0, 0.1) is 5.92 Å². The zero-order valence-corrected chi connectivity index (χ0v) is 13.4. The summed E-state index contributed by atoms with van der Waals surface area (Å²) in [5, 5.41) is 19.9. The summed E-state index contributed by atoms with van der Waals surface area (Å²) in [6.45, 7) is 0.200. The van der Waals surface area contributed by atoms with Crippen LogP contribution < -0.4 is 14.2 Å². The molecule has 2 aromatic rings. The maximum atomic E-state index is 12.7. The van der Waals surface area contributed by atoms with Crippen molar-refractivity contribution in [2.75, 3.05) is 20.8 Å². The quantitative estimate of drug-likeness (QED) is 0.896. The third-order valence-corrected chi connectivity index (χ3v) is 4.07. The van der Waals surface area contributed by atoms with E-state index in [1.165, 1.54) is 20.3 Å². The molecule has 126 valence electrons. The van der Waals surface area contributed by atoms with Crippen molar-refractivity contribution in [3.05, 3.63) is 41.5 Å². The number of phenolic OH excluding ortho intramolecular Hbond substituents is 2. The van der Waals surface area contributed by atoms with Crippen molar-refractivity contribution in [1.82, 2.24) is 0 Å². The summed E-state index contributed by atoms with van der Waals surface area (Å²) >= 11 is 0. The van der Waals surface area contributed by atoms with E-state index in [0.717, 1.165) is 5.56 Å². The van der Waals surface area contributed by atoms with Crippen LogP contribution in [0.1, 0.15) is 15.9 Å². The Balaban J connectivity index is 1.85. The first-order valence-corrected chi connectivity index (χ1v) is 7.47. The number of rotatable bonds is 4. The van der Waals surface area contributed by atoms with Gasteiger partial charge in [-0.05, 0) is 24.1 Å². The van der Waals surface area contributed by atoms with Crippen LogP contribution in [0.3, 0.4) is 0 Å². The normalized spacial score (nSPS) is 16.2. The Kier molecular flexibility index (Phi) is 4.20. The summed E-state index contributed by atoms with van der Waals surface area (Å²) < 4.78 is 15.7. The van der Waals surface area contributed by atoms with E-state index < -0.39 is 5.92 Å². The molecule has 1 atom stereocenters. The van der Waals surface area contributed by atoms with Crippen molar-refractivity contribution in [3.63, 3.8) is 0 Å². The number of hydrogen-bond acceptors (Lipinski definition) is 6. The summed E-state index contributed by atoms with van der Waals surface area (Å²) in [6, 6.07) is 7.98. The third-order valence-electron chi connectivity index (χ3n) is 4.07. The molecule has 1 aliphatic rings. The second-order valence-corrected chi connectivity index (χ2v) is 5.60. The Hall–Kier alpha value is -2.89. The highest BCUT2D eigenvalue weighted by molar-refractivity contribution is 6.04. The molecule has 0 bridgehead atoms. The number of benzene rings is 2. The second-order valence-electron chi connectivity index (χ2n) is 5.60. The van der Waals surface area contributed by atoms with Crippen LogP contribution in [-0.4, -0.2) is 36.8 Å². The van der Waals surface area contributed by atoms with E-state index in [1.54, 1.807) is 24.3 Å². The van der Waals surface area contributed by atoms with Gasteiger partial charge in [-0.1, -0.05) is 6.07 Å². The second kappa shape index (κ2) is 6.31. The van der Waals surface area contributed by atoms with Crippen LogP contribution in [0.4, 0.5) is 0 Å². The molecule has 6 nitrogen and oxygen atoms in total. The molecule has 0 aromatic heterocycles. The van der Waals surface area contributed by atoms with Gasteiger partial charge in [-0.3, -0.25) is 4.79 Å². The monoisotopic (exact) mass is 330 g/mol. The molecule has 0 spiro atoms. The van der Waals surface area contributed by atoms with Gasteiger partial charge in [-0.25, -0.2) is 0 Å². The van der Waals surface area contributed by atoms with Crippen molar-refractivity contribution in [2.24, 2.45) is 5.92 Å². The van der Waals surface area contributed by atoms with Crippen molar-refractivity contribution in [3.8, 4) is 28.7 Å². The first kappa shape index (κ1) is 16.0. The number of ketones is 1. The topological polar surface area (TPSA) is 85.2 Å². The predicted octanol–water partition coefficient (Wildman–Crippen LogP) is 2.55. The van der Waals surface area contributed by atoms with Crippen LogP contribution in [0.25, 0.3) is 0 Å². The lowest BCUT2D eigenvalue weighted by molar-refractivity contribution is 0.0825. The van der Waals surface area contributed by atoms with Crippen LogP contribution >= 0.6 is 0 Å². The lowest BCUT2D eigenvalue weighted by Gasteiger charge is -2.25. The van der Waals surface area contributed by atoms with Gasteiger partial charge in [0.25, 0.3) is 0 Å². The summed E-state index contributed by atoms with van der Waals surface area (Å²) in [5.74, 6) is 0.364. The molecular formula is C18H18O6. The largest absolute Gasteiger partial charge is 0.507 e. The van der Waals surface area contributed by atoms with Gasteiger partial charge in [0, 0.05) is 12.1 Å². The predicted molar refractivity (Wildman–Crippen MR) is 86.3 cm³/mol. The van der Waals surface area contributed by atoms with E-state index in [0.29, 0.717) is 23.7 Å². The Bertz CT molecular complexity index is 783. The highest BCUT2D eigenvalue weighted by Crippen LogP contribution is 2.39. The highest BCUT2D eigenvalue weighted by Gasteiger charge is 2.32. The van der Waals surface area contributed by atoms with Crippen molar-refractivity contribution in [1.29, 1.82) is 0 Å². The fourth-order valence-electron chi connectivity index (χ4n) is 2.82. The molecule has 0 radical (unpaired) electrons. The molecular weight excluding hydrogens is 312 g/mol. The number of carbonyl (C=O) groups is 1. The Morgan fingerprint density at radius 2 is 1.92 bits per heavy atom. The lowest BCUT2D eigenvalue weighted by atomic mass is 9.89. The van der Waals surface area contributed by atoms with Crippen molar-refractivity contribution >= 4 is 5.78 Å². The van der Waals surface area contributed by atoms with Gasteiger partial charge >= 0.3 is 0 Å². The molecule has 6 heteroatoms. The molecule has 0 saturated carbocycles. The number of Topliss-reactive ketones (excluding diaryl/α,β-unsaturated/α-hetero) is 1.